The van der Waals surface area contributed by atoms with Crippen LogP contribution in [-0.4, -0.2) is 46.8 Å². The predicted octanol–water partition coefficient (Wildman–Crippen LogP) is 3.94. The summed E-state index contributed by atoms with van der Waals surface area (Å²) in [6.07, 6.45) is 1.77. The van der Waals surface area contributed by atoms with Crippen LogP contribution < -0.4 is 5.32 Å². The van der Waals surface area contributed by atoms with Crippen LogP contribution in [-0.2, 0) is 17.8 Å². The maximum absolute atomic E-state index is 12.7. The molecule has 0 bridgehead atoms. The molecule has 5 nitrogen and oxygen atoms in total. The summed E-state index contributed by atoms with van der Waals surface area (Å²) in [7, 11) is 0. The summed E-state index contributed by atoms with van der Waals surface area (Å²) in [6.45, 7) is 6.93. The molecule has 2 unspecified atom stereocenters. The van der Waals surface area contributed by atoms with E-state index in [1.54, 1.807) is 6.07 Å². The Morgan fingerprint density at radius 3 is 2.59 bits per heavy atom. The number of thioether (sulfide) groups is 1. The van der Waals surface area contributed by atoms with Crippen LogP contribution in [0.2, 0.25) is 0 Å². The number of halogens is 2. The Morgan fingerprint density at radius 2 is 1.90 bits per heavy atom. The van der Waals surface area contributed by atoms with Crippen molar-refractivity contribution < 1.29 is 18.3 Å². The zero-order valence-corrected chi connectivity index (χ0v) is 17.3. The van der Waals surface area contributed by atoms with E-state index >= 15 is 0 Å². The summed E-state index contributed by atoms with van der Waals surface area (Å²) in [6, 6.07) is 11.0. The Balaban J connectivity index is 1.66. The number of alkyl halides is 2. The molecular formula is C21H25F2N3O2S. The van der Waals surface area contributed by atoms with E-state index in [4.69, 9.17) is 4.74 Å². The smallest absolute Gasteiger partial charge is 0.290 e. The normalized spacial score (nSPS) is 20.0. The average molecular weight is 422 g/mol. The van der Waals surface area contributed by atoms with Gasteiger partial charge in [0.15, 0.2) is 0 Å². The van der Waals surface area contributed by atoms with Crippen LogP contribution in [0.5, 0.6) is 0 Å². The lowest BCUT2D eigenvalue weighted by Crippen LogP contribution is -2.45. The monoisotopic (exact) mass is 421 g/mol. The summed E-state index contributed by atoms with van der Waals surface area (Å²) in [5.74, 6) is -3.04. The molecule has 1 amide bonds. The second kappa shape index (κ2) is 10.1. The van der Waals surface area contributed by atoms with Crippen LogP contribution in [0.3, 0.4) is 0 Å². The Bertz CT molecular complexity index is 827. The highest BCUT2D eigenvalue weighted by Gasteiger charge is 2.23. The fraction of sp³-hybridized carbons (Fsp3) is 0.429. The zero-order valence-electron chi connectivity index (χ0n) is 16.5. The molecule has 1 aromatic heterocycles. The van der Waals surface area contributed by atoms with Gasteiger partial charge in [0, 0.05) is 32.4 Å². The molecule has 156 valence electrons. The van der Waals surface area contributed by atoms with E-state index < -0.39 is 11.7 Å². The van der Waals surface area contributed by atoms with Gasteiger partial charge in [-0.1, -0.05) is 24.3 Å². The van der Waals surface area contributed by atoms with Crippen molar-refractivity contribution in [2.24, 2.45) is 0 Å². The number of aromatic nitrogens is 1. The minimum atomic E-state index is -2.63. The third kappa shape index (κ3) is 6.22. The van der Waals surface area contributed by atoms with E-state index in [-0.39, 0.29) is 34.6 Å². The summed E-state index contributed by atoms with van der Waals surface area (Å²) in [5, 5.41) is 2.88. The van der Waals surface area contributed by atoms with Gasteiger partial charge in [-0.3, -0.25) is 9.69 Å². The molecule has 1 N–H and O–H groups in total. The van der Waals surface area contributed by atoms with Crippen molar-refractivity contribution in [3.8, 4) is 0 Å². The third-order valence-electron chi connectivity index (χ3n) is 4.66. The number of rotatable bonds is 7. The molecule has 1 saturated heterocycles. The van der Waals surface area contributed by atoms with Gasteiger partial charge >= 0.3 is 0 Å². The van der Waals surface area contributed by atoms with Crippen molar-refractivity contribution in [2.75, 3.05) is 13.1 Å². The number of benzene rings is 1. The average Bonchev–Trinajstić information content (AvgIpc) is 2.66. The van der Waals surface area contributed by atoms with Crippen LogP contribution in [0.1, 0.15) is 35.3 Å². The van der Waals surface area contributed by atoms with Crippen molar-refractivity contribution >= 4 is 17.7 Å². The highest BCUT2D eigenvalue weighted by atomic mass is 32.2. The van der Waals surface area contributed by atoms with Gasteiger partial charge in [-0.2, -0.15) is 8.78 Å². The van der Waals surface area contributed by atoms with Crippen LogP contribution in [0, 0.1) is 0 Å². The number of amides is 1. The number of morpholine rings is 1. The maximum atomic E-state index is 12.7. The quantitative estimate of drug-likeness (QED) is 0.687. The fourth-order valence-corrected chi connectivity index (χ4v) is 4.13. The Labute approximate surface area is 173 Å². The fourth-order valence-electron chi connectivity index (χ4n) is 3.55. The molecule has 3 rings (SSSR count). The second-order valence-electron chi connectivity index (χ2n) is 7.14. The van der Waals surface area contributed by atoms with E-state index in [9.17, 15) is 13.6 Å². The van der Waals surface area contributed by atoms with E-state index in [1.165, 1.54) is 12.3 Å². The van der Waals surface area contributed by atoms with Crippen LogP contribution in [0.25, 0.3) is 0 Å². The third-order valence-corrected chi connectivity index (χ3v) is 5.39. The Kier molecular flexibility index (Phi) is 7.57. The highest BCUT2D eigenvalue weighted by molar-refractivity contribution is 7.99. The van der Waals surface area contributed by atoms with Crippen molar-refractivity contribution in [2.45, 2.75) is 49.9 Å². The molecule has 1 aliphatic heterocycles. The molecule has 2 heterocycles. The van der Waals surface area contributed by atoms with Crippen molar-refractivity contribution in [1.82, 2.24) is 15.2 Å². The van der Waals surface area contributed by atoms with Crippen molar-refractivity contribution in [3.63, 3.8) is 0 Å². The molecule has 8 heteroatoms. The molecule has 1 aliphatic rings. The summed E-state index contributed by atoms with van der Waals surface area (Å²) in [4.78, 5) is 18.8. The van der Waals surface area contributed by atoms with Gasteiger partial charge in [-0.05, 0) is 48.9 Å². The van der Waals surface area contributed by atoms with E-state index in [0.717, 1.165) is 30.8 Å². The lowest BCUT2D eigenvalue weighted by atomic mass is 10.1. The van der Waals surface area contributed by atoms with Crippen LogP contribution in [0.15, 0.2) is 47.6 Å². The van der Waals surface area contributed by atoms with E-state index in [1.807, 2.05) is 18.2 Å². The molecule has 0 aliphatic carbocycles. The van der Waals surface area contributed by atoms with Crippen LogP contribution >= 0.6 is 11.8 Å². The lowest BCUT2D eigenvalue weighted by Gasteiger charge is -2.35. The van der Waals surface area contributed by atoms with Gasteiger partial charge in [-0.25, -0.2) is 4.98 Å². The first-order valence-corrected chi connectivity index (χ1v) is 10.4. The number of nitrogens with zero attached hydrogens (tertiary/aromatic N) is 2. The summed E-state index contributed by atoms with van der Waals surface area (Å²) < 4.78 is 31.2. The van der Waals surface area contributed by atoms with Gasteiger partial charge in [0.25, 0.3) is 11.7 Å². The number of hydrogen-bond donors (Lipinski definition) is 1. The summed E-state index contributed by atoms with van der Waals surface area (Å²) >= 11 is 0.278. The second-order valence-corrected chi connectivity index (χ2v) is 8.12. The number of hydrogen-bond acceptors (Lipinski definition) is 5. The molecule has 0 saturated carbocycles. The summed E-state index contributed by atoms with van der Waals surface area (Å²) in [5.41, 5.74) is 2.29. The first kappa shape index (κ1) is 21.7. The minimum absolute atomic E-state index is 0.0320. The van der Waals surface area contributed by atoms with Gasteiger partial charge in [-0.15, -0.1) is 0 Å². The van der Waals surface area contributed by atoms with E-state index in [0.29, 0.717) is 6.54 Å². The molecule has 0 radical (unpaired) electrons. The molecule has 1 fully saturated rings. The standard InChI is InChI=1S/C21H25F2N3O2S/c1-14-11-26(12-15(2)28-14)13-17-7-4-3-6-16(17)10-25-19(27)18-8-5-9-24-20(18)29-21(22)23/h3-9,14-15,21H,10-13H2,1-2H3,(H,25,27). The number of carbonyl (C=O) groups excluding carboxylic acids is 1. The number of nitrogens with one attached hydrogen (secondary N) is 1. The Morgan fingerprint density at radius 1 is 1.21 bits per heavy atom. The molecular weight excluding hydrogens is 396 g/mol. The topological polar surface area (TPSA) is 54.5 Å². The number of ether oxygens (including phenoxy) is 1. The largest absolute Gasteiger partial charge is 0.373 e. The van der Waals surface area contributed by atoms with Gasteiger partial charge in [0.05, 0.1) is 17.8 Å². The Hall–Kier alpha value is -2.03. The first-order chi connectivity index (χ1) is 13.9. The van der Waals surface area contributed by atoms with Gasteiger partial charge < -0.3 is 10.1 Å². The first-order valence-electron chi connectivity index (χ1n) is 9.55. The molecule has 2 atom stereocenters. The number of carbonyl (C=O) groups is 1. The predicted molar refractivity (Wildman–Crippen MR) is 109 cm³/mol. The molecule has 29 heavy (non-hydrogen) atoms. The minimum Gasteiger partial charge on any atom is -0.373 e. The van der Waals surface area contributed by atoms with Gasteiger partial charge in [0.2, 0.25) is 0 Å². The van der Waals surface area contributed by atoms with Crippen molar-refractivity contribution in [3.05, 3.63) is 59.3 Å². The van der Waals surface area contributed by atoms with Crippen molar-refractivity contribution in [1.29, 1.82) is 0 Å². The number of pyridine rings is 1. The molecule has 1 aromatic carbocycles. The van der Waals surface area contributed by atoms with Gasteiger partial charge in [0.1, 0.15) is 5.03 Å². The lowest BCUT2D eigenvalue weighted by molar-refractivity contribution is -0.0705. The SMILES string of the molecule is CC1CN(Cc2ccccc2CNC(=O)c2cccnc2SC(F)F)CC(C)O1. The maximum Gasteiger partial charge on any atom is 0.290 e. The van der Waals surface area contributed by atoms with E-state index in [2.05, 4.69) is 35.1 Å². The highest BCUT2D eigenvalue weighted by Crippen LogP contribution is 2.26. The molecule has 0 spiro atoms. The van der Waals surface area contributed by atoms with Crippen LogP contribution in [0.4, 0.5) is 8.78 Å². The zero-order chi connectivity index (χ0) is 20.8. The molecule has 2 aromatic rings.